The normalized spacial score (nSPS) is 12.5. The summed E-state index contributed by atoms with van der Waals surface area (Å²) in [6.45, 7) is 6.59. The highest BCUT2D eigenvalue weighted by atomic mass is 28.4. The predicted molar refractivity (Wildman–Crippen MR) is 151 cm³/mol. The summed E-state index contributed by atoms with van der Waals surface area (Å²) in [4.78, 5) is 28.8. The van der Waals surface area contributed by atoms with Crippen LogP contribution < -0.4 is 21.4 Å². The summed E-state index contributed by atoms with van der Waals surface area (Å²) in [5.74, 6) is -0.637. The van der Waals surface area contributed by atoms with Gasteiger partial charge in [0.15, 0.2) is 5.69 Å². The number of carbonyl (C=O) groups excluding carboxylic acids is 2. The fourth-order valence-corrected chi connectivity index (χ4v) is 9.18. The lowest BCUT2D eigenvalue weighted by atomic mass is 10.2. The molecule has 1 atom stereocenters. The van der Waals surface area contributed by atoms with Crippen LogP contribution in [0.15, 0.2) is 102 Å². The van der Waals surface area contributed by atoms with E-state index in [0.29, 0.717) is 0 Å². The molecule has 1 heterocycles. The Kier molecular flexibility index (Phi) is 8.63. The van der Waals surface area contributed by atoms with E-state index in [4.69, 9.17) is 19.3 Å². The van der Waals surface area contributed by atoms with Crippen LogP contribution in [-0.2, 0) is 15.8 Å². The molecule has 4 aromatic rings. The van der Waals surface area contributed by atoms with Gasteiger partial charge in [-0.3, -0.25) is 4.79 Å². The van der Waals surface area contributed by atoms with Crippen LogP contribution >= 0.6 is 0 Å². The number of hydrogen-bond donors (Lipinski definition) is 2. The summed E-state index contributed by atoms with van der Waals surface area (Å²) in [5.41, 5.74) is 6.20. The minimum Gasteiger partial charge on any atom is -0.446 e. The average molecular weight is 544 g/mol. The summed E-state index contributed by atoms with van der Waals surface area (Å²) in [5, 5.41) is 4.69. The van der Waals surface area contributed by atoms with Gasteiger partial charge in [-0.1, -0.05) is 112 Å². The molecule has 0 aliphatic carbocycles. The van der Waals surface area contributed by atoms with Crippen molar-refractivity contribution in [1.82, 2.24) is 10.3 Å². The standard InChI is InChI=1S/C30H33N3O5Si/c1-30(2,3)39(23-15-9-5-10-16-23,24-17-11-6-12-18-24)38-21-26(28-32-25(20-36-28)27(31)34)33-29(35)37-19-22-13-7-4-8-14-22/h4-18,20,26H,19,21H2,1-3H3,(H2,31,34)(H,33,35)/t26-/m0/s1. The molecule has 8 nitrogen and oxygen atoms in total. The van der Waals surface area contributed by atoms with Gasteiger partial charge in [-0.05, 0) is 21.0 Å². The minimum atomic E-state index is -2.94. The number of ether oxygens (including phenoxy) is 1. The molecule has 0 bridgehead atoms. The van der Waals surface area contributed by atoms with Gasteiger partial charge in [0.1, 0.15) is 18.9 Å². The average Bonchev–Trinajstić information content (AvgIpc) is 3.43. The lowest BCUT2D eigenvalue weighted by Gasteiger charge is -2.43. The minimum absolute atomic E-state index is 0.0203. The molecule has 202 valence electrons. The second kappa shape index (κ2) is 12.1. The molecule has 4 rings (SSSR count). The van der Waals surface area contributed by atoms with Crippen molar-refractivity contribution in [1.29, 1.82) is 0 Å². The number of rotatable bonds is 10. The smallest absolute Gasteiger partial charge is 0.408 e. The number of alkyl carbamates (subject to hydrolysis) is 1. The third kappa shape index (κ3) is 6.44. The van der Waals surface area contributed by atoms with Crippen LogP contribution in [0.3, 0.4) is 0 Å². The van der Waals surface area contributed by atoms with Crippen molar-refractivity contribution in [2.75, 3.05) is 6.61 Å². The van der Waals surface area contributed by atoms with E-state index in [0.717, 1.165) is 15.9 Å². The zero-order valence-corrected chi connectivity index (χ0v) is 23.3. The first-order valence-electron chi connectivity index (χ1n) is 12.7. The zero-order chi connectivity index (χ0) is 27.9. The van der Waals surface area contributed by atoms with E-state index in [-0.39, 0.29) is 29.8 Å². The van der Waals surface area contributed by atoms with Crippen molar-refractivity contribution >= 4 is 30.7 Å². The molecule has 3 N–H and O–H groups in total. The van der Waals surface area contributed by atoms with E-state index >= 15 is 0 Å². The Balaban J connectivity index is 1.66. The van der Waals surface area contributed by atoms with E-state index < -0.39 is 26.4 Å². The number of amides is 2. The largest absolute Gasteiger partial charge is 0.446 e. The Morgan fingerprint density at radius 1 is 0.923 bits per heavy atom. The first kappa shape index (κ1) is 27.8. The third-order valence-corrected chi connectivity index (χ3v) is 11.5. The van der Waals surface area contributed by atoms with Gasteiger partial charge in [0, 0.05) is 0 Å². The number of nitrogens with two attached hydrogens (primary N) is 1. The molecule has 0 saturated heterocycles. The van der Waals surface area contributed by atoms with Gasteiger partial charge in [0.05, 0.1) is 6.61 Å². The van der Waals surface area contributed by atoms with Crippen molar-refractivity contribution in [3.63, 3.8) is 0 Å². The number of hydrogen-bond acceptors (Lipinski definition) is 6. The van der Waals surface area contributed by atoms with Crippen LogP contribution in [0.2, 0.25) is 5.04 Å². The molecule has 0 saturated carbocycles. The second-order valence-corrected chi connectivity index (χ2v) is 14.5. The Morgan fingerprint density at radius 2 is 1.46 bits per heavy atom. The van der Waals surface area contributed by atoms with Gasteiger partial charge in [-0.2, -0.15) is 0 Å². The predicted octanol–water partition coefficient (Wildman–Crippen LogP) is 4.32. The van der Waals surface area contributed by atoms with Crippen molar-refractivity contribution in [2.24, 2.45) is 5.73 Å². The Hall–Kier alpha value is -4.21. The summed E-state index contributed by atoms with van der Waals surface area (Å²) < 4.78 is 18.0. The number of carbonyl (C=O) groups is 2. The number of nitrogens with zero attached hydrogens (tertiary/aromatic N) is 1. The molecule has 39 heavy (non-hydrogen) atoms. The van der Waals surface area contributed by atoms with Gasteiger partial charge < -0.3 is 24.6 Å². The monoisotopic (exact) mass is 543 g/mol. The Bertz CT molecular complexity index is 1330. The van der Waals surface area contributed by atoms with E-state index in [1.165, 1.54) is 6.26 Å². The van der Waals surface area contributed by atoms with Gasteiger partial charge in [-0.15, -0.1) is 0 Å². The van der Waals surface area contributed by atoms with E-state index in [1.54, 1.807) is 0 Å². The Labute approximate surface area is 229 Å². The molecule has 0 spiro atoms. The Morgan fingerprint density at radius 3 is 1.95 bits per heavy atom. The van der Waals surface area contributed by atoms with Crippen molar-refractivity contribution in [3.8, 4) is 0 Å². The molecule has 0 fully saturated rings. The maximum Gasteiger partial charge on any atom is 0.408 e. The molecule has 2 amide bonds. The van der Waals surface area contributed by atoms with Crippen LogP contribution in [0.25, 0.3) is 0 Å². The summed E-state index contributed by atoms with van der Waals surface area (Å²) in [6.07, 6.45) is 0.499. The number of primary amides is 1. The summed E-state index contributed by atoms with van der Waals surface area (Å²) in [6, 6.07) is 28.8. The molecule has 0 aliphatic heterocycles. The fourth-order valence-electron chi connectivity index (χ4n) is 4.61. The van der Waals surface area contributed by atoms with Crippen LogP contribution in [0.1, 0.15) is 48.8 Å². The molecule has 0 radical (unpaired) electrons. The van der Waals surface area contributed by atoms with Crippen molar-refractivity contribution in [3.05, 3.63) is 114 Å². The molecule has 9 heteroatoms. The van der Waals surface area contributed by atoms with Crippen LogP contribution in [0.5, 0.6) is 0 Å². The van der Waals surface area contributed by atoms with Gasteiger partial charge in [0.2, 0.25) is 5.89 Å². The highest BCUT2D eigenvalue weighted by Crippen LogP contribution is 2.37. The summed E-state index contributed by atoms with van der Waals surface area (Å²) in [7, 11) is -2.94. The summed E-state index contributed by atoms with van der Waals surface area (Å²) >= 11 is 0. The number of oxazole rings is 1. The van der Waals surface area contributed by atoms with Crippen molar-refractivity contribution < 1.29 is 23.2 Å². The van der Waals surface area contributed by atoms with E-state index in [1.807, 2.05) is 66.7 Å². The van der Waals surface area contributed by atoms with Crippen LogP contribution in [-0.4, -0.2) is 31.9 Å². The van der Waals surface area contributed by atoms with E-state index in [9.17, 15) is 9.59 Å². The van der Waals surface area contributed by atoms with Gasteiger partial charge in [-0.25, -0.2) is 9.78 Å². The third-order valence-electron chi connectivity index (χ3n) is 6.46. The topological polar surface area (TPSA) is 117 Å². The molecule has 3 aromatic carbocycles. The van der Waals surface area contributed by atoms with Crippen LogP contribution in [0.4, 0.5) is 4.79 Å². The molecular formula is C30H33N3O5Si. The maximum atomic E-state index is 12.9. The fraction of sp³-hybridized carbons (Fsp3) is 0.233. The highest BCUT2D eigenvalue weighted by Gasteiger charge is 2.50. The van der Waals surface area contributed by atoms with E-state index in [2.05, 4.69) is 55.3 Å². The molecule has 1 aromatic heterocycles. The van der Waals surface area contributed by atoms with Gasteiger partial charge >= 0.3 is 6.09 Å². The number of benzene rings is 3. The first-order chi connectivity index (χ1) is 18.7. The highest BCUT2D eigenvalue weighted by molar-refractivity contribution is 6.99. The SMILES string of the molecule is CC(C)(C)[Si](OC[C@H](NC(=O)OCc1ccccc1)c1nc(C(N)=O)co1)(c1ccccc1)c1ccccc1. The van der Waals surface area contributed by atoms with Gasteiger partial charge in [0.25, 0.3) is 14.2 Å². The zero-order valence-electron chi connectivity index (χ0n) is 22.3. The van der Waals surface area contributed by atoms with Crippen molar-refractivity contribution in [2.45, 2.75) is 38.5 Å². The lowest BCUT2D eigenvalue weighted by Crippen LogP contribution is -2.67. The number of nitrogens with one attached hydrogen (secondary N) is 1. The second-order valence-electron chi connectivity index (χ2n) is 10.2. The molecule has 0 aliphatic rings. The first-order valence-corrected chi connectivity index (χ1v) is 14.6. The maximum absolute atomic E-state index is 12.9. The lowest BCUT2D eigenvalue weighted by molar-refractivity contribution is 0.0995. The molecule has 0 unspecified atom stereocenters. The quantitative estimate of drug-likeness (QED) is 0.288. The van der Waals surface area contributed by atoms with Crippen LogP contribution in [0, 0.1) is 0 Å². The molecular weight excluding hydrogens is 510 g/mol. The number of aromatic nitrogens is 1.